The van der Waals surface area contributed by atoms with E-state index in [0.717, 1.165) is 44.0 Å². The number of carbonyl (C=O) groups excluding carboxylic acids is 1. The van der Waals surface area contributed by atoms with Gasteiger partial charge >= 0.3 is 0 Å². The molecule has 1 N–H and O–H groups in total. The predicted molar refractivity (Wildman–Crippen MR) is 70.2 cm³/mol. The minimum absolute atomic E-state index is 0.287. The molecule has 0 aromatic carbocycles. The second kappa shape index (κ2) is 6.05. The number of amides is 1. The highest BCUT2D eigenvalue weighted by Crippen LogP contribution is 2.11. The van der Waals surface area contributed by atoms with Gasteiger partial charge in [0.2, 0.25) is 5.91 Å². The van der Waals surface area contributed by atoms with Crippen molar-refractivity contribution in [3.05, 3.63) is 23.7 Å². The Morgan fingerprint density at radius 1 is 1.44 bits per heavy atom. The predicted octanol–water partition coefficient (Wildman–Crippen LogP) is 1.94. The highest BCUT2D eigenvalue weighted by atomic mass is 16.3. The fourth-order valence-electron chi connectivity index (χ4n) is 2.27. The molecule has 1 amide bonds. The summed E-state index contributed by atoms with van der Waals surface area (Å²) in [6, 6.07) is 4.33. The van der Waals surface area contributed by atoms with Gasteiger partial charge in [0.1, 0.15) is 11.5 Å². The Bertz CT molecular complexity index is 400. The molecule has 1 aliphatic heterocycles. The lowest BCUT2D eigenvalue weighted by Crippen LogP contribution is -2.39. The molecule has 1 aromatic rings. The van der Waals surface area contributed by atoms with Crippen LogP contribution in [-0.4, -0.2) is 29.9 Å². The lowest BCUT2D eigenvalue weighted by molar-refractivity contribution is -0.127. The molecule has 1 unspecified atom stereocenters. The largest absolute Gasteiger partial charge is 0.465 e. The summed E-state index contributed by atoms with van der Waals surface area (Å²) in [4.78, 5) is 13.4. The van der Waals surface area contributed by atoms with Crippen molar-refractivity contribution in [2.75, 3.05) is 13.1 Å². The number of aryl methyl sites for hydroxylation is 1. The highest BCUT2D eigenvalue weighted by Gasteiger charge is 2.21. The third-order valence-corrected chi connectivity index (χ3v) is 3.36. The van der Waals surface area contributed by atoms with Crippen molar-refractivity contribution in [3.63, 3.8) is 0 Å². The van der Waals surface area contributed by atoms with Crippen molar-refractivity contribution in [1.29, 1.82) is 0 Å². The van der Waals surface area contributed by atoms with Crippen LogP contribution in [-0.2, 0) is 17.8 Å². The second-order valence-electron chi connectivity index (χ2n) is 4.95. The SMILES string of the molecule is CCc1ccc(CNC(C)CN2CCCC2=O)o1. The smallest absolute Gasteiger partial charge is 0.222 e. The van der Waals surface area contributed by atoms with Gasteiger partial charge in [-0.05, 0) is 25.5 Å². The van der Waals surface area contributed by atoms with Crippen molar-refractivity contribution in [2.24, 2.45) is 0 Å². The highest BCUT2D eigenvalue weighted by molar-refractivity contribution is 5.78. The van der Waals surface area contributed by atoms with Gasteiger partial charge in [0.15, 0.2) is 0 Å². The molecule has 1 aromatic heterocycles. The fraction of sp³-hybridized carbons (Fsp3) is 0.643. The number of nitrogens with zero attached hydrogens (tertiary/aromatic N) is 1. The minimum Gasteiger partial charge on any atom is -0.465 e. The Balaban J connectivity index is 1.74. The molecule has 1 saturated heterocycles. The molecule has 1 atom stereocenters. The zero-order valence-electron chi connectivity index (χ0n) is 11.2. The van der Waals surface area contributed by atoms with Crippen molar-refractivity contribution in [2.45, 2.75) is 45.7 Å². The van der Waals surface area contributed by atoms with E-state index in [9.17, 15) is 4.79 Å². The van der Waals surface area contributed by atoms with Crippen LogP contribution in [0.4, 0.5) is 0 Å². The summed E-state index contributed by atoms with van der Waals surface area (Å²) < 4.78 is 5.63. The molecule has 0 radical (unpaired) electrons. The Morgan fingerprint density at radius 3 is 2.83 bits per heavy atom. The molecule has 2 heterocycles. The number of furan rings is 1. The quantitative estimate of drug-likeness (QED) is 0.839. The molecule has 0 saturated carbocycles. The minimum atomic E-state index is 0.287. The van der Waals surface area contributed by atoms with Gasteiger partial charge in [-0.15, -0.1) is 0 Å². The summed E-state index contributed by atoms with van der Waals surface area (Å²) in [5, 5.41) is 3.40. The molecular formula is C14H22N2O2. The molecule has 1 aliphatic rings. The Morgan fingerprint density at radius 2 is 2.22 bits per heavy atom. The molecular weight excluding hydrogens is 228 g/mol. The summed E-state index contributed by atoms with van der Waals surface area (Å²) in [6.07, 6.45) is 2.65. The third kappa shape index (κ3) is 3.35. The summed E-state index contributed by atoms with van der Waals surface area (Å²) in [7, 11) is 0. The Hall–Kier alpha value is -1.29. The molecule has 2 rings (SSSR count). The maximum Gasteiger partial charge on any atom is 0.222 e. The molecule has 0 aliphatic carbocycles. The third-order valence-electron chi connectivity index (χ3n) is 3.36. The summed E-state index contributed by atoms with van der Waals surface area (Å²) in [5.74, 6) is 2.27. The molecule has 1 fully saturated rings. The first-order valence-electron chi connectivity index (χ1n) is 6.77. The molecule has 4 heteroatoms. The van der Waals surface area contributed by atoms with E-state index < -0.39 is 0 Å². The van der Waals surface area contributed by atoms with Gasteiger partial charge in [0.05, 0.1) is 6.54 Å². The van der Waals surface area contributed by atoms with E-state index in [0.29, 0.717) is 12.5 Å². The van der Waals surface area contributed by atoms with Gasteiger partial charge in [0.25, 0.3) is 0 Å². The molecule has 18 heavy (non-hydrogen) atoms. The van der Waals surface area contributed by atoms with E-state index in [-0.39, 0.29) is 5.91 Å². The van der Waals surface area contributed by atoms with E-state index in [1.54, 1.807) is 0 Å². The van der Waals surface area contributed by atoms with Gasteiger partial charge in [-0.25, -0.2) is 0 Å². The van der Waals surface area contributed by atoms with Crippen LogP contribution in [0.1, 0.15) is 38.2 Å². The van der Waals surface area contributed by atoms with Crippen LogP contribution in [0.25, 0.3) is 0 Å². The van der Waals surface area contributed by atoms with E-state index in [1.807, 2.05) is 17.0 Å². The van der Waals surface area contributed by atoms with Gasteiger partial charge in [0, 0.05) is 32.0 Å². The average molecular weight is 250 g/mol. The summed E-state index contributed by atoms with van der Waals surface area (Å²) in [6.45, 7) is 6.61. The van der Waals surface area contributed by atoms with Crippen LogP contribution in [0.3, 0.4) is 0 Å². The topological polar surface area (TPSA) is 45.5 Å². The number of rotatable bonds is 6. The van der Waals surface area contributed by atoms with Crippen LogP contribution in [0, 0.1) is 0 Å². The van der Waals surface area contributed by atoms with E-state index in [2.05, 4.69) is 19.2 Å². The standard InChI is InChI=1S/C14H22N2O2/c1-3-12-6-7-13(18-12)9-15-11(2)10-16-8-4-5-14(16)17/h6-7,11,15H,3-5,8-10H2,1-2H3. The number of hydrogen-bond donors (Lipinski definition) is 1. The molecule has 0 bridgehead atoms. The zero-order valence-corrected chi connectivity index (χ0v) is 11.2. The van der Waals surface area contributed by atoms with Gasteiger partial charge in [-0.1, -0.05) is 6.92 Å². The first-order valence-corrected chi connectivity index (χ1v) is 6.77. The Kier molecular flexibility index (Phi) is 4.42. The Labute approximate surface area is 108 Å². The van der Waals surface area contributed by atoms with E-state index in [4.69, 9.17) is 4.42 Å². The van der Waals surface area contributed by atoms with E-state index in [1.165, 1.54) is 0 Å². The van der Waals surface area contributed by atoms with Gasteiger partial charge < -0.3 is 14.6 Å². The maximum atomic E-state index is 11.5. The normalized spacial score (nSPS) is 17.4. The van der Waals surface area contributed by atoms with E-state index >= 15 is 0 Å². The fourth-order valence-corrected chi connectivity index (χ4v) is 2.27. The number of hydrogen-bond acceptors (Lipinski definition) is 3. The van der Waals surface area contributed by atoms with Crippen LogP contribution in [0.5, 0.6) is 0 Å². The maximum absolute atomic E-state index is 11.5. The van der Waals surface area contributed by atoms with Crippen LogP contribution >= 0.6 is 0 Å². The van der Waals surface area contributed by atoms with Crippen LogP contribution in [0.15, 0.2) is 16.5 Å². The van der Waals surface area contributed by atoms with Crippen molar-refractivity contribution < 1.29 is 9.21 Å². The van der Waals surface area contributed by atoms with Crippen molar-refractivity contribution >= 4 is 5.91 Å². The van der Waals surface area contributed by atoms with Crippen LogP contribution < -0.4 is 5.32 Å². The molecule has 4 nitrogen and oxygen atoms in total. The monoisotopic (exact) mass is 250 g/mol. The zero-order chi connectivity index (χ0) is 13.0. The van der Waals surface area contributed by atoms with Gasteiger partial charge in [-0.2, -0.15) is 0 Å². The lowest BCUT2D eigenvalue weighted by atomic mass is 10.3. The molecule has 0 spiro atoms. The second-order valence-corrected chi connectivity index (χ2v) is 4.95. The number of likely N-dealkylation sites (tertiary alicyclic amines) is 1. The summed E-state index contributed by atoms with van der Waals surface area (Å²) in [5.41, 5.74) is 0. The first kappa shape index (κ1) is 13.1. The molecule has 100 valence electrons. The number of carbonyl (C=O) groups is 1. The average Bonchev–Trinajstić information content (AvgIpc) is 2.97. The van der Waals surface area contributed by atoms with Crippen molar-refractivity contribution in [3.8, 4) is 0 Å². The summed E-state index contributed by atoms with van der Waals surface area (Å²) >= 11 is 0. The van der Waals surface area contributed by atoms with Gasteiger partial charge in [-0.3, -0.25) is 4.79 Å². The first-order chi connectivity index (χ1) is 8.69. The lowest BCUT2D eigenvalue weighted by Gasteiger charge is -2.21. The number of nitrogens with one attached hydrogen (secondary N) is 1. The van der Waals surface area contributed by atoms with Crippen molar-refractivity contribution in [1.82, 2.24) is 10.2 Å². The van der Waals surface area contributed by atoms with Crippen LogP contribution in [0.2, 0.25) is 0 Å².